The molecule has 0 spiro atoms. The van der Waals surface area contributed by atoms with E-state index in [0.29, 0.717) is 11.6 Å². The molecule has 1 amide bonds. The number of halogens is 3. The van der Waals surface area contributed by atoms with Crippen molar-refractivity contribution >= 4 is 68.9 Å². The molecule has 0 saturated carbocycles. The highest BCUT2D eigenvalue weighted by atomic mass is 127. The second-order valence-corrected chi connectivity index (χ2v) is 8.17. The van der Waals surface area contributed by atoms with Crippen molar-refractivity contribution in [2.45, 2.75) is 6.61 Å². The Hall–Kier alpha value is -1.59. The lowest BCUT2D eigenvalue weighted by Gasteiger charge is -2.11. The summed E-state index contributed by atoms with van der Waals surface area (Å²) in [4.78, 5) is 11.8. The summed E-state index contributed by atoms with van der Waals surface area (Å²) in [6.07, 6.45) is 3.01. The minimum absolute atomic E-state index is 0.210. The van der Waals surface area contributed by atoms with Gasteiger partial charge in [-0.15, -0.1) is 0 Å². The van der Waals surface area contributed by atoms with Gasteiger partial charge in [0.15, 0.2) is 5.76 Å². The minimum Gasteiger partial charge on any atom is -0.487 e. The molecule has 3 rings (SSSR count). The zero-order valence-electron chi connectivity index (χ0n) is 13.8. The van der Waals surface area contributed by atoms with E-state index < -0.39 is 5.91 Å². The van der Waals surface area contributed by atoms with Crippen LogP contribution < -0.4 is 10.2 Å². The van der Waals surface area contributed by atoms with Crippen LogP contribution in [0.1, 0.15) is 21.7 Å². The van der Waals surface area contributed by atoms with Gasteiger partial charge in [-0.3, -0.25) is 4.79 Å². The molecule has 0 atom stereocenters. The third-order valence-corrected chi connectivity index (χ3v) is 5.30. The first-order valence-corrected chi connectivity index (χ1v) is 10.3. The van der Waals surface area contributed by atoms with E-state index in [-0.39, 0.29) is 5.76 Å². The first kappa shape index (κ1) is 20.2. The molecule has 0 saturated heterocycles. The average Bonchev–Trinajstić information content (AvgIpc) is 3.17. The summed E-state index contributed by atoms with van der Waals surface area (Å²) in [6, 6.07) is 14.6. The van der Waals surface area contributed by atoms with Crippen LogP contribution in [0.25, 0.3) is 0 Å². The fourth-order valence-corrected chi connectivity index (χ4v) is 4.41. The van der Waals surface area contributed by atoms with Crippen LogP contribution in [0.5, 0.6) is 5.75 Å². The lowest BCUT2D eigenvalue weighted by Crippen LogP contribution is -2.16. The summed E-state index contributed by atoms with van der Waals surface area (Å²) in [5.74, 6) is 0.619. The van der Waals surface area contributed by atoms with Gasteiger partial charge in [0.05, 0.1) is 19.6 Å². The molecule has 1 heterocycles. The molecule has 0 fully saturated rings. The maximum atomic E-state index is 11.8. The molecule has 0 aliphatic heterocycles. The summed E-state index contributed by atoms with van der Waals surface area (Å²) in [5.41, 5.74) is 4.32. The van der Waals surface area contributed by atoms with E-state index in [1.54, 1.807) is 18.3 Å². The second kappa shape index (κ2) is 9.56. The molecular formula is C19H13ClI2N2O3. The highest BCUT2D eigenvalue weighted by Crippen LogP contribution is 2.29. The number of benzene rings is 2. The molecule has 138 valence electrons. The van der Waals surface area contributed by atoms with E-state index >= 15 is 0 Å². The van der Waals surface area contributed by atoms with Crippen molar-refractivity contribution < 1.29 is 13.9 Å². The number of hydrazone groups is 1. The van der Waals surface area contributed by atoms with E-state index in [0.717, 1.165) is 24.0 Å². The van der Waals surface area contributed by atoms with Gasteiger partial charge in [0, 0.05) is 5.02 Å². The Kier molecular flexibility index (Phi) is 7.13. The number of ether oxygens (including phenoxy) is 1. The fourth-order valence-electron chi connectivity index (χ4n) is 2.16. The van der Waals surface area contributed by atoms with Crippen molar-refractivity contribution in [1.29, 1.82) is 0 Å². The Labute approximate surface area is 188 Å². The number of hydrogen-bond donors (Lipinski definition) is 1. The molecule has 3 aromatic rings. The van der Waals surface area contributed by atoms with E-state index in [1.807, 2.05) is 36.4 Å². The van der Waals surface area contributed by atoms with Crippen molar-refractivity contribution in [3.63, 3.8) is 0 Å². The highest BCUT2D eigenvalue weighted by Gasteiger charge is 2.10. The van der Waals surface area contributed by atoms with Crippen LogP contribution in [-0.2, 0) is 6.61 Å². The molecular weight excluding hydrogens is 593 g/mol. The average molecular weight is 607 g/mol. The predicted molar refractivity (Wildman–Crippen MR) is 121 cm³/mol. The monoisotopic (exact) mass is 606 g/mol. The predicted octanol–water partition coefficient (Wildman–Crippen LogP) is 5.49. The molecule has 0 radical (unpaired) electrons. The van der Waals surface area contributed by atoms with Crippen molar-refractivity contribution in [3.05, 3.63) is 83.8 Å². The third kappa shape index (κ3) is 5.69. The van der Waals surface area contributed by atoms with Crippen molar-refractivity contribution in [3.8, 4) is 5.75 Å². The number of nitrogens with zero attached hydrogens (tertiary/aromatic N) is 1. The first-order chi connectivity index (χ1) is 13.0. The molecule has 0 unspecified atom stereocenters. The highest BCUT2D eigenvalue weighted by molar-refractivity contribution is 14.1. The molecule has 1 aromatic heterocycles. The van der Waals surface area contributed by atoms with Crippen LogP contribution in [0.15, 0.2) is 64.3 Å². The molecule has 8 heteroatoms. The SMILES string of the molecule is O=C(N/N=C\c1cc(I)c(OCc2ccc(Cl)cc2)c(I)c1)c1ccco1. The largest absolute Gasteiger partial charge is 0.487 e. The van der Waals surface area contributed by atoms with Gasteiger partial charge in [-0.05, 0) is 92.7 Å². The van der Waals surface area contributed by atoms with Gasteiger partial charge in [0.25, 0.3) is 0 Å². The minimum atomic E-state index is -0.399. The lowest BCUT2D eigenvalue weighted by atomic mass is 10.2. The summed E-state index contributed by atoms with van der Waals surface area (Å²) < 4.78 is 12.9. The molecule has 27 heavy (non-hydrogen) atoms. The fraction of sp³-hybridized carbons (Fsp3) is 0.0526. The van der Waals surface area contributed by atoms with Crippen LogP contribution in [0.4, 0.5) is 0 Å². The number of rotatable bonds is 6. The lowest BCUT2D eigenvalue weighted by molar-refractivity contribution is 0.0927. The number of amides is 1. The summed E-state index contributed by atoms with van der Waals surface area (Å²) >= 11 is 10.3. The first-order valence-electron chi connectivity index (χ1n) is 7.76. The molecule has 2 aromatic carbocycles. The van der Waals surface area contributed by atoms with Crippen LogP contribution in [0.3, 0.4) is 0 Å². The van der Waals surface area contributed by atoms with E-state index in [9.17, 15) is 4.79 Å². The van der Waals surface area contributed by atoms with Gasteiger partial charge in [0.2, 0.25) is 0 Å². The van der Waals surface area contributed by atoms with Crippen LogP contribution in [0, 0.1) is 7.14 Å². The number of furan rings is 1. The van der Waals surface area contributed by atoms with Crippen LogP contribution in [0.2, 0.25) is 5.02 Å². The van der Waals surface area contributed by atoms with Gasteiger partial charge in [-0.25, -0.2) is 5.43 Å². The van der Waals surface area contributed by atoms with E-state index in [4.69, 9.17) is 20.8 Å². The Bertz CT molecular complexity index is 935. The maximum absolute atomic E-state index is 11.8. The molecule has 0 aliphatic rings. The van der Waals surface area contributed by atoms with Gasteiger partial charge < -0.3 is 9.15 Å². The zero-order chi connectivity index (χ0) is 19.2. The van der Waals surface area contributed by atoms with Crippen molar-refractivity contribution in [2.24, 2.45) is 5.10 Å². The Morgan fingerprint density at radius 2 is 1.89 bits per heavy atom. The molecule has 1 N–H and O–H groups in total. The third-order valence-electron chi connectivity index (χ3n) is 3.44. The van der Waals surface area contributed by atoms with E-state index in [1.165, 1.54) is 6.26 Å². The quantitative estimate of drug-likeness (QED) is 0.230. The number of carbonyl (C=O) groups excluding carboxylic acids is 1. The van der Waals surface area contributed by atoms with Gasteiger partial charge in [-0.2, -0.15) is 5.10 Å². The number of hydrogen-bond acceptors (Lipinski definition) is 4. The smallest absolute Gasteiger partial charge is 0.307 e. The number of nitrogens with one attached hydrogen (secondary N) is 1. The Balaban J connectivity index is 1.64. The summed E-state index contributed by atoms with van der Waals surface area (Å²) in [5, 5.41) is 4.67. The van der Waals surface area contributed by atoms with Crippen LogP contribution in [-0.4, -0.2) is 12.1 Å². The van der Waals surface area contributed by atoms with E-state index in [2.05, 4.69) is 55.7 Å². The number of carbonyl (C=O) groups is 1. The standard InChI is InChI=1S/C19H13ClI2N2O3/c20-14-5-3-12(4-6-14)11-27-18-15(21)8-13(9-16(18)22)10-23-24-19(25)17-2-1-7-26-17/h1-10H,11H2,(H,24,25)/b23-10-. The maximum Gasteiger partial charge on any atom is 0.307 e. The second-order valence-electron chi connectivity index (χ2n) is 5.41. The van der Waals surface area contributed by atoms with Gasteiger partial charge >= 0.3 is 5.91 Å². The Morgan fingerprint density at radius 3 is 2.52 bits per heavy atom. The summed E-state index contributed by atoms with van der Waals surface area (Å²) in [7, 11) is 0. The van der Waals surface area contributed by atoms with Crippen molar-refractivity contribution in [1.82, 2.24) is 5.43 Å². The van der Waals surface area contributed by atoms with Gasteiger partial charge in [0.1, 0.15) is 12.4 Å². The zero-order valence-corrected chi connectivity index (χ0v) is 18.9. The van der Waals surface area contributed by atoms with Crippen LogP contribution >= 0.6 is 56.8 Å². The molecule has 5 nitrogen and oxygen atoms in total. The normalized spacial score (nSPS) is 10.9. The molecule has 0 aliphatic carbocycles. The molecule has 0 bridgehead atoms. The topological polar surface area (TPSA) is 63.8 Å². The van der Waals surface area contributed by atoms with Gasteiger partial charge in [-0.1, -0.05) is 23.7 Å². The summed E-state index contributed by atoms with van der Waals surface area (Å²) in [6.45, 7) is 0.454. The Morgan fingerprint density at radius 1 is 1.19 bits per heavy atom. The van der Waals surface area contributed by atoms with Crippen molar-refractivity contribution in [2.75, 3.05) is 0 Å².